The number of aryl methyl sites for hydroxylation is 1. The summed E-state index contributed by atoms with van der Waals surface area (Å²) in [5, 5.41) is 4.68. The molecule has 0 unspecified atom stereocenters. The third-order valence-electron chi connectivity index (χ3n) is 2.64. The first-order chi connectivity index (χ1) is 9.60. The number of anilines is 1. The molecule has 3 N–H and O–H groups in total. The van der Waals surface area contributed by atoms with Crippen LogP contribution in [0, 0.1) is 18.8 Å². The molecule has 5 heteroatoms. The molecule has 0 radical (unpaired) electrons. The minimum Gasteiger partial charge on any atom is -0.322 e. The number of nitrogens with two attached hydrogens (primary N) is 1. The van der Waals surface area contributed by atoms with Gasteiger partial charge in [-0.3, -0.25) is 4.79 Å². The van der Waals surface area contributed by atoms with Gasteiger partial charge in [-0.15, -0.1) is 11.3 Å². The third kappa shape index (κ3) is 3.70. The van der Waals surface area contributed by atoms with E-state index in [-0.39, 0.29) is 5.91 Å². The van der Waals surface area contributed by atoms with Gasteiger partial charge in [-0.05, 0) is 52.7 Å². The van der Waals surface area contributed by atoms with Crippen molar-refractivity contribution in [3.05, 3.63) is 50.1 Å². The molecule has 0 spiro atoms. The lowest BCUT2D eigenvalue weighted by Gasteiger charge is -2.06. The summed E-state index contributed by atoms with van der Waals surface area (Å²) >= 11 is 4.83. The van der Waals surface area contributed by atoms with E-state index in [0.29, 0.717) is 12.1 Å². The predicted molar refractivity (Wildman–Crippen MR) is 87.1 cm³/mol. The number of rotatable bonds is 2. The van der Waals surface area contributed by atoms with Crippen molar-refractivity contribution in [2.45, 2.75) is 6.92 Å². The van der Waals surface area contributed by atoms with Crippen LogP contribution in [0.3, 0.4) is 0 Å². The molecule has 0 atom stereocenters. The van der Waals surface area contributed by atoms with Gasteiger partial charge in [0.2, 0.25) is 0 Å². The van der Waals surface area contributed by atoms with Gasteiger partial charge in [0.05, 0.1) is 15.9 Å². The molecule has 2 aromatic rings. The van der Waals surface area contributed by atoms with Crippen LogP contribution in [0.25, 0.3) is 0 Å². The molecule has 0 saturated carbocycles. The molecule has 1 heterocycles. The monoisotopic (exact) mass is 348 g/mol. The second-order valence-electron chi connectivity index (χ2n) is 4.13. The Labute approximate surface area is 130 Å². The van der Waals surface area contributed by atoms with Crippen LogP contribution in [-0.4, -0.2) is 12.5 Å². The largest absolute Gasteiger partial charge is 0.322 e. The van der Waals surface area contributed by atoms with Crippen LogP contribution in [0.4, 0.5) is 5.69 Å². The fourth-order valence-corrected chi connectivity index (χ4v) is 2.80. The summed E-state index contributed by atoms with van der Waals surface area (Å²) in [6, 6.07) is 7.43. The predicted octanol–water partition coefficient (Wildman–Crippen LogP) is 3.38. The number of thiophene rings is 1. The van der Waals surface area contributed by atoms with Crippen LogP contribution in [0.2, 0.25) is 0 Å². The molecule has 3 nitrogen and oxygen atoms in total. The second-order valence-corrected chi connectivity index (χ2v) is 6.42. The summed E-state index contributed by atoms with van der Waals surface area (Å²) < 4.78 is 0.936. The molecule has 1 aromatic carbocycles. The van der Waals surface area contributed by atoms with Crippen molar-refractivity contribution in [2.24, 2.45) is 5.73 Å². The van der Waals surface area contributed by atoms with Gasteiger partial charge in [-0.25, -0.2) is 0 Å². The van der Waals surface area contributed by atoms with Crippen LogP contribution >= 0.6 is 27.3 Å². The van der Waals surface area contributed by atoms with Gasteiger partial charge in [0.25, 0.3) is 5.91 Å². The van der Waals surface area contributed by atoms with Gasteiger partial charge in [0.15, 0.2) is 0 Å². The number of hydrogen-bond acceptors (Lipinski definition) is 3. The van der Waals surface area contributed by atoms with E-state index in [9.17, 15) is 4.79 Å². The van der Waals surface area contributed by atoms with Gasteiger partial charge < -0.3 is 11.1 Å². The van der Waals surface area contributed by atoms with Crippen molar-refractivity contribution in [3.8, 4) is 11.8 Å². The van der Waals surface area contributed by atoms with Gasteiger partial charge in [0.1, 0.15) is 0 Å². The van der Waals surface area contributed by atoms with Crippen molar-refractivity contribution in [1.29, 1.82) is 0 Å². The molecule has 2 rings (SSSR count). The summed E-state index contributed by atoms with van der Waals surface area (Å²) in [6.07, 6.45) is 0. The molecule has 0 bridgehead atoms. The second kappa shape index (κ2) is 6.71. The first-order valence-electron chi connectivity index (χ1n) is 5.95. The Kier molecular flexibility index (Phi) is 4.96. The zero-order valence-electron chi connectivity index (χ0n) is 10.9. The van der Waals surface area contributed by atoms with Crippen LogP contribution in [0.1, 0.15) is 21.5 Å². The highest BCUT2D eigenvalue weighted by atomic mass is 79.9. The third-order valence-corrected chi connectivity index (χ3v) is 4.14. The van der Waals surface area contributed by atoms with Gasteiger partial charge in [0, 0.05) is 16.6 Å². The Hall–Kier alpha value is -1.61. The van der Waals surface area contributed by atoms with Crippen LogP contribution < -0.4 is 11.1 Å². The molecule has 0 aliphatic carbocycles. The number of amides is 1. The number of nitrogens with one attached hydrogen (secondary N) is 1. The number of carbonyl (C=O) groups excluding carboxylic acids is 1. The SMILES string of the molecule is Cc1cc(NC(=O)c2csc(Br)c2)ccc1C#CCN. The Morgan fingerprint density at radius 1 is 1.45 bits per heavy atom. The lowest BCUT2D eigenvalue weighted by atomic mass is 10.1. The quantitative estimate of drug-likeness (QED) is 0.817. The van der Waals surface area contributed by atoms with Gasteiger partial charge in [-0.1, -0.05) is 11.8 Å². The Balaban J connectivity index is 2.14. The van der Waals surface area contributed by atoms with Crippen molar-refractivity contribution >= 4 is 38.9 Å². The maximum Gasteiger partial charge on any atom is 0.256 e. The minimum atomic E-state index is -0.118. The number of carbonyl (C=O) groups is 1. The molecule has 0 aliphatic heterocycles. The smallest absolute Gasteiger partial charge is 0.256 e. The lowest BCUT2D eigenvalue weighted by Crippen LogP contribution is -2.10. The van der Waals surface area contributed by atoms with E-state index in [1.54, 1.807) is 6.07 Å². The van der Waals surface area contributed by atoms with Crippen LogP contribution in [0.15, 0.2) is 33.4 Å². The molecule has 20 heavy (non-hydrogen) atoms. The highest BCUT2D eigenvalue weighted by Gasteiger charge is 2.08. The molecule has 102 valence electrons. The van der Waals surface area contributed by atoms with Crippen LogP contribution in [-0.2, 0) is 0 Å². The fourth-order valence-electron chi connectivity index (χ4n) is 1.66. The number of hydrogen-bond donors (Lipinski definition) is 2. The normalized spacial score (nSPS) is 9.75. The Bertz CT molecular complexity index is 697. The van der Waals surface area contributed by atoms with Crippen molar-refractivity contribution in [2.75, 3.05) is 11.9 Å². The lowest BCUT2D eigenvalue weighted by molar-refractivity contribution is 0.102. The molecular weight excluding hydrogens is 336 g/mol. The summed E-state index contributed by atoms with van der Waals surface area (Å²) in [5.41, 5.74) is 8.69. The summed E-state index contributed by atoms with van der Waals surface area (Å²) in [4.78, 5) is 12.0. The fraction of sp³-hybridized carbons (Fsp3) is 0.133. The van der Waals surface area contributed by atoms with Gasteiger partial charge >= 0.3 is 0 Å². The first-order valence-corrected chi connectivity index (χ1v) is 7.62. The topological polar surface area (TPSA) is 55.1 Å². The first kappa shape index (κ1) is 14.8. The molecule has 0 fully saturated rings. The van der Waals surface area contributed by atoms with Crippen LogP contribution in [0.5, 0.6) is 0 Å². The van der Waals surface area contributed by atoms with E-state index in [4.69, 9.17) is 5.73 Å². The maximum atomic E-state index is 12.0. The molecule has 1 aromatic heterocycles. The maximum absolute atomic E-state index is 12.0. The minimum absolute atomic E-state index is 0.118. The summed E-state index contributed by atoms with van der Waals surface area (Å²) in [5.74, 6) is 5.70. The Morgan fingerprint density at radius 3 is 2.85 bits per heavy atom. The van der Waals surface area contributed by atoms with E-state index < -0.39 is 0 Å². The van der Waals surface area contributed by atoms with E-state index in [1.165, 1.54) is 11.3 Å². The Morgan fingerprint density at radius 2 is 2.25 bits per heavy atom. The van der Waals surface area contributed by atoms with E-state index in [2.05, 4.69) is 33.1 Å². The summed E-state index contributed by atoms with van der Waals surface area (Å²) in [7, 11) is 0. The summed E-state index contributed by atoms with van der Waals surface area (Å²) in [6.45, 7) is 2.29. The number of halogens is 1. The van der Waals surface area contributed by atoms with E-state index >= 15 is 0 Å². The standard InChI is InChI=1S/C15H13BrN2OS/c1-10-7-13(5-4-11(10)3-2-6-17)18-15(19)12-8-14(16)20-9-12/h4-5,7-9H,6,17H2,1H3,(H,18,19). The molecular formula is C15H13BrN2OS. The highest BCUT2D eigenvalue weighted by molar-refractivity contribution is 9.11. The molecule has 0 saturated heterocycles. The van der Waals surface area contributed by atoms with E-state index in [1.807, 2.05) is 30.5 Å². The van der Waals surface area contributed by atoms with Crippen molar-refractivity contribution in [3.63, 3.8) is 0 Å². The zero-order valence-corrected chi connectivity index (χ0v) is 13.3. The number of benzene rings is 1. The van der Waals surface area contributed by atoms with Gasteiger partial charge in [-0.2, -0.15) is 0 Å². The molecule has 0 aliphatic rings. The highest BCUT2D eigenvalue weighted by Crippen LogP contribution is 2.22. The van der Waals surface area contributed by atoms with Crippen molar-refractivity contribution in [1.82, 2.24) is 0 Å². The van der Waals surface area contributed by atoms with E-state index in [0.717, 1.165) is 20.6 Å². The zero-order chi connectivity index (χ0) is 14.5. The average Bonchev–Trinajstić information content (AvgIpc) is 2.85. The average molecular weight is 349 g/mol. The van der Waals surface area contributed by atoms with Crippen molar-refractivity contribution < 1.29 is 4.79 Å². The molecule has 1 amide bonds.